The Bertz CT molecular complexity index is 755. The van der Waals surface area contributed by atoms with Crippen molar-refractivity contribution in [3.8, 4) is 11.5 Å². The molecule has 1 amide bonds. The first kappa shape index (κ1) is 17.2. The molecule has 1 aliphatic rings. The minimum absolute atomic E-state index is 0.0104. The predicted molar refractivity (Wildman–Crippen MR) is 89.7 cm³/mol. The molecule has 0 aliphatic carbocycles. The largest absolute Gasteiger partial charge is 0.508 e. The van der Waals surface area contributed by atoms with E-state index in [9.17, 15) is 24.5 Å². The second-order valence-corrected chi connectivity index (χ2v) is 6.30. The number of nitrogens with zero attached hydrogens (tertiary/aromatic N) is 1. The Morgan fingerprint density at radius 3 is 2.32 bits per heavy atom. The van der Waals surface area contributed by atoms with Crippen molar-refractivity contribution in [1.29, 1.82) is 0 Å². The van der Waals surface area contributed by atoms with Gasteiger partial charge in [0, 0.05) is 19.2 Å². The number of rotatable bonds is 3. The van der Waals surface area contributed by atoms with Gasteiger partial charge in [-0.1, -0.05) is 18.2 Å². The molecule has 25 heavy (non-hydrogen) atoms. The lowest BCUT2D eigenvalue weighted by molar-refractivity contribution is -0.141. The molecule has 0 aromatic heterocycles. The fourth-order valence-corrected chi connectivity index (χ4v) is 3.25. The number of piperidine rings is 1. The van der Waals surface area contributed by atoms with E-state index in [-0.39, 0.29) is 17.4 Å². The van der Waals surface area contributed by atoms with Gasteiger partial charge in [-0.2, -0.15) is 0 Å². The molecule has 2 aromatic rings. The number of halogens is 1. The van der Waals surface area contributed by atoms with Crippen LogP contribution in [0.1, 0.15) is 36.0 Å². The molecule has 132 valence electrons. The highest BCUT2D eigenvalue weighted by atomic mass is 19.1. The molecule has 1 fully saturated rings. The molecule has 1 aliphatic heterocycles. The number of hydrogen-bond donors (Lipinski definition) is 3. The Morgan fingerprint density at radius 2 is 1.72 bits per heavy atom. The molecule has 3 rings (SSSR count). The molecule has 0 saturated carbocycles. The van der Waals surface area contributed by atoms with E-state index < -0.39 is 17.8 Å². The maximum atomic E-state index is 13.0. The van der Waals surface area contributed by atoms with Gasteiger partial charge < -0.3 is 20.2 Å². The van der Waals surface area contributed by atoms with Gasteiger partial charge in [-0.3, -0.25) is 4.79 Å². The van der Waals surface area contributed by atoms with Crippen molar-refractivity contribution in [2.24, 2.45) is 0 Å². The molecule has 0 bridgehead atoms. The maximum absolute atomic E-state index is 13.0. The van der Waals surface area contributed by atoms with E-state index in [1.54, 1.807) is 11.0 Å². The summed E-state index contributed by atoms with van der Waals surface area (Å²) in [5, 5.41) is 29.5. The lowest BCUT2D eigenvalue weighted by Crippen LogP contribution is -2.40. The Balaban J connectivity index is 1.63. The first-order valence-corrected chi connectivity index (χ1v) is 8.20. The summed E-state index contributed by atoms with van der Waals surface area (Å²) in [6, 6.07) is 9.77. The molecule has 0 unspecified atom stereocenters. The van der Waals surface area contributed by atoms with Crippen LogP contribution in [-0.4, -0.2) is 39.2 Å². The number of likely N-dealkylation sites (tertiary alicyclic amines) is 1. The van der Waals surface area contributed by atoms with Crippen molar-refractivity contribution in [1.82, 2.24) is 4.90 Å². The molecule has 6 heteroatoms. The number of hydrogen-bond acceptors (Lipinski definition) is 4. The van der Waals surface area contributed by atoms with Gasteiger partial charge in [0.2, 0.25) is 0 Å². The third kappa shape index (κ3) is 3.74. The number of phenols is 2. The number of carbonyl (C=O) groups excluding carboxylic acids is 1. The van der Waals surface area contributed by atoms with Gasteiger partial charge in [-0.25, -0.2) is 4.39 Å². The number of aliphatic hydroxyl groups is 1. The van der Waals surface area contributed by atoms with E-state index in [4.69, 9.17) is 0 Å². The highest BCUT2D eigenvalue weighted by molar-refractivity contribution is 5.82. The van der Waals surface area contributed by atoms with Gasteiger partial charge in [0.05, 0.1) is 0 Å². The molecule has 0 spiro atoms. The van der Waals surface area contributed by atoms with Gasteiger partial charge in [-0.05, 0) is 48.1 Å². The number of phenolic OH excluding ortho intramolecular Hbond substituents is 2. The Labute approximate surface area is 145 Å². The van der Waals surface area contributed by atoms with Crippen molar-refractivity contribution in [2.75, 3.05) is 13.1 Å². The summed E-state index contributed by atoms with van der Waals surface area (Å²) in [5.41, 5.74) is 1.12. The van der Waals surface area contributed by atoms with Gasteiger partial charge in [0.1, 0.15) is 17.3 Å². The molecular weight excluding hydrogens is 325 g/mol. The lowest BCUT2D eigenvalue weighted by Gasteiger charge is -2.33. The fraction of sp³-hybridized carbons (Fsp3) is 0.316. The number of amides is 1. The van der Waals surface area contributed by atoms with E-state index >= 15 is 0 Å². The molecule has 1 atom stereocenters. The Hall–Kier alpha value is -2.60. The zero-order chi connectivity index (χ0) is 18.0. The van der Waals surface area contributed by atoms with E-state index in [1.165, 1.54) is 36.4 Å². The average Bonchev–Trinajstić information content (AvgIpc) is 2.61. The molecule has 1 saturated heterocycles. The first-order chi connectivity index (χ1) is 12.0. The first-order valence-electron chi connectivity index (χ1n) is 8.20. The molecule has 0 radical (unpaired) electrons. The van der Waals surface area contributed by atoms with Crippen LogP contribution in [0.25, 0.3) is 0 Å². The summed E-state index contributed by atoms with van der Waals surface area (Å²) in [6.45, 7) is 0.921. The fourth-order valence-electron chi connectivity index (χ4n) is 3.25. The molecule has 1 heterocycles. The minimum Gasteiger partial charge on any atom is -0.508 e. The van der Waals surface area contributed by atoms with Crippen LogP contribution in [0, 0.1) is 5.82 Å². The van der Waals surface area contributed by atoms with Gasteiger partial charge in [0.15, 0.2) is 6.10 Å². The van der Waals surface area contributed by atoms with Crippen molar-refractivity contribution in [3.63, 3.8) is 0 Å². The summed E-state index contributed by atoms with van der Waals surface area (Å²) < 4.78 is 13.0. The summed E-state index contributed by atoms with van der Waals surface area (Å²) in [6.07, 6.45) is -0.000295. The monoisotopic (exact) mass is 345 g/mol. The van der Waals surface area contributed by atoms with Crippen LogP contribution in [0.2, 0.25) is 0 Å². The Kier molecular flexibility index (Phi) is 4.90. The quantitative estimate of drug-likeness (QED) is 0.799. The van der Waals surface area contributed by atoms with Crippen LogP contribution >= 0.6 is 0 Å². The van der Waals surface area contributed by atoms with Crippen molar-refractivity contribution in [3.05, 3.63) is 59.4 Å². The van der Waals surface area contributed by atoms with Crippen molar-refractivity contribution >= 4 is 5.91 Å². The normalized spacial score (nSPS) is 16.6. The predicted octanol–water partition coefficient (Wildman–Crippen LogP) is 2.68. The SMILES string of the molecule is O=C([C@H](O)c1ccc(F)cc1)N1CCC(c2ccc(O)cc2O)CC1. The second kappa shape index (κ2) is 7.11. The van der Waals surface area contributed by atoms with Crippen LogP contribution in [0.5, 0.6) is 11.5 Å². The van der Waals surface area contributed by atoms with Crippen LogP contribution in [0.3, 0.4) is 0 Å². The van der Waals surface area contributed by atoms with E-state index in [0.29, 0.717) is 31.5 Å². The van der Waals surface area contributed by atoms with Crippen LogP contribution in [0.15, 0.2) is 42.5 Å². The second-order valence-electron chi connectivity index (χ2n) is 6.30. The molecular formula is C19H20FNO4. The van der Waals surface area contributed by atoms with E-state index in [2.05, 4.69) is 0 Å². The summed E-state index contributed by atoms with van der Waals surface area (Å²) in [7, 11) is 0. The van der Waals surface area contributed by atoms with Crippen LogP contribution < -0.4 is 0 Å². The van der Waals surface area contributed by atoms with Gasteiger partial charge in [0.25, 0.3) is 5.91 Å². The number of aliphatic hydroxyl groups excluding tert-OH is 1. The highest BCUT2D eigenvalue weighted by Crippen LogP contribution is 2.36. The average molecular weight is 345 g/mol. The molecule has 5 nitrogen and oxygen atoms in total. The molecule has 3 N–H and O–H groups in total. The standard InChI is InChI=1S/C19H20FNO4/c20-14-3-1-13(2-4-14)18(24)19(25)21-9-7-12(8-10-21)16-6-5-15(22)11-17(16)23/h1-6,11-12,18,22-24H,7-10H2/t18-/m1/s1. The highest BCUT2D eigenvalue weighted by Gasteiger charge is 2.29. The zero-order valence-corrected chi connectivity index (χ0v) is 13.6. The smallest absolute Gasteiger partial charge is 0.256 e. The van der Waals surface area contributed by atoms with E-state index in [1.807, 2.05) is 0 Å². The summed E-state index contributed by atoms with van der Waals surface area (Å²) >= 11 is 0. The van der Waals surface area contributed by atoms with Gasteiger partial charge in [-0.15, -0.1) is 0 Å². The Morgan fingerprint density at radius 1 is 1.08 bits per heavy atom. The number of aromatic hydroxyl groups is 2. The van der Waals surface area contributed by atoms with Crippen molar-refractivity contribution in [2.45, 2.75) is 24.9 Å². The number of benzene rings is 2. The third-order valence-electron chi connectivity index (χ3n) is 4.68. The molecule has 2 aromatic carbocycles. The lowest BCUT2D eigenvalue weighted by atomic mass is 9.88. The van der Waals surface area contributed by atoms with Crippen molar-refractivity contribution < 1.29 is 24.5 Å². The number of carbonyl (C=O) groups is 1. The van der Waals surface area contributed by atoms with Crippen LogP contribution in [0.4, 0.5) is 4.39 Å². The minimum atomic E-state index is -1.31. The summed E-state index contributed by atoms with van der Waals surface area (Å²) in [5.74, 6) is -0.669. The maximum Gasteiger partial charge on any atom is 0.256 e. The van der Waals surface area contributed by atoms with E-state index in [0.717, 1.165) is 5.56 Å². The van der Waals surface area contributed by atoms with Gasteiger partial charge >= 0.3 is 0 Å². The summed E-state index contributed by atoms with van der Waals surface area (Å²) in [4.78, 5) is 14.0. The topological polar surface area (TPSA) is 81.0 Å². The third-order valence-corrected chi connectivity index (χ3v) is 4.68. The van der Waals surface area contributed by atoms with Crippen LogP contribution in [-0.2, 0) is 4.79 Å². The zero-order valence-electron chi connectivity index (χ0n) is 13.6.